The maximum absolute atomic E-state index is 10.8. The molecule has 0 aliphatic rings. The fraction of sp³-hybridized carbons (Fsp3) is 0.200. The molecule has 0 amide bonds. The van der Waals surface area contributed by atoms with Crippen LogP contribution in [0, 0.1) is 6.92 Å². The van der Waals surface area contributed by atoms with Gasteiger partial charge in [-0.25, -0.2) is 14.8 Å². The number of anilines is 1. The van der Waals surface area contributed by atoms with Gasteiger partial charge in [0.05, 0.1) is 24.0 Å². The van der Waals surface area contributed by atoms with Gasteiger partial charge in [0.1, 0.15) is 0 Å². The summed E-state index contributed by atoms with van der Waals surface area (Å²) in [6.45, 7) is 2.01. The highest BCUT2D eigenvalue weighted by Crippen LogP contribution is 2.08. The summed E-state index contributed by atoms with van der Waals surface area (Å²) < 4.78 is 4.89. The predicted octanol–water partition coefficient (Wildman–Crippen LogP) is 1.08. The Morgan fingerprint density at radius 3 is 3.00 bits per heavy atom. The summed E-state index contributed by atoms with van der Waals surface area (Å²) in [5.74, 6) is -0.0400. The van der Waals surface area contributed by atoms with E-state index < -0.39 is 5.97 Å². The fourth-order valence-electron chi connectivity index (χ4n) is 1.26. The molecule has 2 heterocycles. The van der Waals surface area contributed by atoms with E-state index in [0.29, 0.717) is 23.9 Å². The van der Waals surface area contributed by atoms with Gasteiger partial charge < -0.3 is 14.9 Å². The second-order valence-electron chi connectivity index (χ2n) is 3.33. The number of carboxylic acid groups (broad SMARTS) is 1. The highest BCUT2D eigenvalue weighted by Gasteiger charge is 2.09. The van der Waals surface area contributed by atoms with Crippen molar-refractivity contribution in [2.45, 2.75) is 13.5 Å². The molecular weight excluding hydrogens is 224 g/mol. The van der Waals surface area contributed by atoms with E-state index in [1.54, 1.807) is 13.0 Å². The van der Waals surface area contributed by atoms with Gasteiger partial charge in [0, 0.05) is 12.3 Å². The first-order chi connectivity index (χ1) is 8.16. The van der Waals surface area contributed by atoms with Crippen LogP contribution in [0.5, 0.6) is 0 Å². The summed E-state index contributed by atoms with van der Waals surface area (Å²) in [5.41, 5.74) is 0.503. The summed E-state index contributed by atoms with van der Waals surface area (Å²) in [7, 11) is 0. The quantitative estimate of drug-likeness (QED) is 0.816. The first-order valence-electron chi connectivity index (χ1n) is 4.87. The van der Waals surface area contributed by atoms with Gasteiger partial charge in [-0.3, -0.25) is 0 Å². The van der Waals surface area contributed by atoms with Crippen LogP contribution in [0.2, 0.25) is 0 Å². The van der Waals surface area contributed by atoms with Crippen LogP contribution in [0.4, 0.5) is 5.95 Å². The third kappa shape index (κ3) is 2.57. The van der Waals surface area contributed by atoms with Crippen molar-refractivity contribution >= 4 is 11.9 Å². The number of aromatic carboxylic acids is 1. The standard InChI is InChI=1S/C10H10N4O3/c1-6-8(9(15)16)5-12-10(14-6)11-4-7-2-3-13-17-7/h2-3,5H,4H2,1H3,(H,15,16)(H,11,12,14). The molecule has 2 aromatic heterocycles. The molecule has 0 unspecified atom stereocenters. The van der Waals surface area contributed by atoms with E-state index in [0.717, 1.165) is 0 Å². The van der Waals surface area contributed by atoms with E-state index in [1.165, 1.54) is 12.4 Å². The monoisotopic (exact) mass is 234 g/mol. The normalized spacial score (nSPS) is 10.2. The first-order valence-corrected chi connectivity index (χ1v) is 4.87. The summed E-state index contributed by atoms with van der Waals surface area (Å²) in [4.78, 5) is 18.7. The number of hydrogen-bond acceptors (Lipinski definition) is 6. The zero-order chi connectivity index (χ0) is 12.3. The van der Waals surface area contributed by atoms with E-state index in [2.05, 4.69) is 20.4 Å². The van der Waals surface area contributed by atoms with Crippen molar-refractivity contribution in [2.24, 2.45) is 0 Å². The lowest BCUT2D eigenvalue weighted by atomic mass is 10.2. The zero-order valence-corrected chi connectivity index (χ0v) is 9.04. The molecule has 0 fully saturated rings. The lowest BCUT2D eigenvalue weighted by molar-refractivity contribution is 0.0695. The Morgan fingerprint density at radius 1 is 1.59 bits per heavy atom. The van der Waals surface area contributed by atoms with Crippen molar-refractivity contribution < 1.29 is 14.4 Å². The van der Waals surface area contributed by atoms with Crippen LogP contribution in [0.1, 0.15) is 21.8 Å². The van der Waals surface area contributed by atoms with Crippen LogP contribution in [0.3, 0.4) is 0 Å². The number of carboxylic acids is 1. The number of nitrogens with zero attached hydrogens (tertiary/aromatic N) is 3. The Bertz CT molecular complexity index is 524. The molecule has 0 saturated carbocycles. The third-order valence-electron chi connectivity index (χ3n) is 2.12. The lowest BCUT2D eigenvalue weighted by Crippen LogP contribution is -2.08. The van der Waals surface area contributed by atoms with Gasteiger partial charge >= 0.3 is 5.97 Å². The first kappa shape index (κ1) is 11.1. The van der Waals surface area contributed by atoms with E-state index in [-0.39, 0.29) is 5.56 Å². The molecule has 0 saturated heterocycles. The molecule has 0 aromatic carbocycles. The number of rotatable bonds is 4. The van der Waals surface area contributed by atoms with Crippen molar-refractivity contribution in [2.75, 3.05) is 5.32 Å². The summed E-state index contributed by atoms with van der Waals surface area (Å²) in [6.07, 6.45) is 2.81. The van der Waals surface area contributed by atoms with E-state index in [4.69, 9.17) is 9.63 Å². The average molecular weight is 234 g/mol. The molecule has 2 N–H and O–H groups in total. The number of hydrogen-bond donors (Lipinski definition) is 2. The number of aromatic nitrogens is 3. The van der Waals surface area contributed by atoms with Gasteiger partial charge in [-0.2, -0.15) is 0 Å². The fourth-order valence-corrected chi connectivity index (χ4v) is 1.26. The molecule has 88 valence electrons. The van der Waals surface area contributed by atoms with Gasteiger partial charge in [0.15, 0.2) is 5.76 Å². The topological polar surface area (TPSA) is 101 Å². The molecular formula is C10H10N4O3. The predicted molar refractivity (Wildman–Crippen MR) is 57.6 cm³/mol. The third-order valence-corrected chi connectivity index (χ3v) is 2.12. The van der Waals surface area contributed by atoms with Crippen LogP contribution in [-0.4, -0.2) is 26.2 Å². The Hall–Kier alpha value is -2.44. The lowest BCUT2D eigenvalue weighted by Gasteiger charge is -2.04. The summed E-state index contributed by atoms with van der Waals surface area (Å²) in [5, 5.41) is 15.3. The molecule has 2 aromatic rings. The molecule has 17 heavy (non-hydrogen) atoms. The Morgan fingerprint density at radius 2 is 2.41 bits per heavy atom. The van der Waals surface area contributed by atoms with E-state index in [9.17, 15) is 4.79 Å². The van der Waals surface area contributed by atoms with Gasteiger partial charge in [-0.15, -0.1) is 0 Å². The maximum Gasteiger partial charge on any atom is 0.339 e. The van der Waals surface area contributed by atoms with Gasteiger partial charge in [-0.05, 0) is 6.92 Å². The molecule has 0 radical (unpaired) electrons. The van der Waals surface area contributed by atoms with Gasteiger partial charge in [-0.1, -0.05) is 5.16 Å². The average Bonchev–Trinajstić information content (AvgIpc) is 2.78. The minimum atomic E-state index is -1.04. The van der Waals surface area contributed by atoms with Crippen molar-refractivity contribution in [3.63, 3.8) is 0 Å². The van der Waals surface area contributed by atoms with E-state index >= 15 is 0 Å². The summed E-state index contributed by atoms with van der Waals surface area (Å²) >= 11 is 0. The van der Waals surface area contributed by atoms with Crippen LogP contribution < -0.4 is 5.32 Å². The number of nitrogens with one attached hydrogen (secondary N) is 1. The maximum atomic E-state index is 10.8. The van der Waals surface area contributed by atoms with Crippen molar-refractivity contribution in [3.8, 4) is 0 Å². The Kier molecular flexibility index (Phi) is 2.99. The van der Waals surface area contributed by atoms with Gasteiger partial charge in [0.25, 0.3) is 0 Å². The second-order valence-corrected chi connectivity index (χ2v) is 3.33. The molecule has 7 heteroatoms. The van der Waals surface area contributed by atoms with Crippen molar-refractivity contribution in [1.82, 2.24) is 15.1 Å². The largest absolute Gasteiger partial charge is 0.478 e. The zero-order valence-electron chi connectivity index (χ0n) is 9.04. The van der Waals surface area contributed by atoms with Crippen LogP contribution in [0.15, 0.2) is 23.0 Å². The number of carbonyl (C=O) groups is 1. The smallest absolute Gasteiger partial charge is 0.339 e. The van der Waals surface area contributed by atoms with Crippen molar-refractivity contribution in [3.05, 3.63) is 35.5 Å². The Balaban J connectivity index is 2.07. The molecule has 0 spiro atoms. The van der Waals surface area contributed by atoms with Crippen LogP contribution >= 0.6 is 0 Å². The molecule has 0 aliphatic carbocycles. The molecule has 0 atom stereocenters. The van der Waals surface area contributed by atoms with Gasteiger partial charge in [0.2, 0.25) is 5.95 Å². The number of aryl methyl sites for hydroxylation is 1. The van der Waals surface area contributed by atoms with E-state index in [1.807, 2.05) is 0 Å². The highest BCUT2D eigenvalue weighted by molar-refractivity contribution is 5.88. The second kappa shape index (κ2) is 4.60. The molecule has 0 aliphatic heterocycles. The Labute approximate surface area is 96.5 Å². The highest BCUT2D eigenvalue weighted by atomic mass is 16.5. The molecule has 0 bridgehead atoms. The minimum absolute atomic E-state index is 0.0928. The van der Waals surface area contributed by atoms with Crippen LogP contribution in [-0.2, 0) is 6.54 Å². The molecule has 7 nitrogen and oxygen atoms in total. The summed E-state index contributed by atoms with van der Waals surface area (Å²) in [6, 6.07) is 1.71. The SMILES string of the molecule is Cc1nc(NCc2ccno2)ncc1C(=O)O. The molecule has 2 rings (SSSR count). The minimum Gasteiger partial charge on any atom is -0.478 e. The van der Waals surface area contributed by atoms with Crippen molar-refractivity contribution in [1.29, 1.82) is 0 Å². The van der Waals surface area contributed by atoms with Crippen LogP contribution in [0.25, 0.3) is 0 Å².